The van der Waals surface area contributed by atoms with E-state index in [1.54, 1.807) is 0 Å². The average molecular weight is 333 g/mol. The summed E-state index contributed by atoms with van der Waals surface area (Å²) < 4.78 is 2.28. The van der Waals surface area contributed by atoms with Crippen LogP contribution in [0.15, 0.2) is 48.5 Å². The summed E-state index contributed by atoms with van der Waals surface area (Å²) in [5, 5.41) is 0. The molecule has 1 aliphatic rings. The molecule has 2 aromatic carbocycles. The normalized spacial score (nSPS) is 17.8. The lowest BCUT2D eigenvalue weighted by Gasteiger charge is -2.19. The fourth-order valence-electron chi connectivity index (χ4n) is 3.75. The van der Waals surface area contributed by atoms with E-state index in [2.05, 4.69) is 43.5 Å². The van der Waals surface area contributed by atoms with Crippen LogP contribution in [0.25, 0.3) is 11.0 Å². The molecule has 1 aliphatic heterocycles. The first-order valence-corrected chi connectivity index (χ1v) is 8.88. The van der Waals surface area contributed by atoms with Crippen molar-refractivity contribution < 1.29 is 4.79 Å². The Labute approximate surface area is 148 Å². The van der Waals surface area contributed by atoms with Crippen LogP contribution in [0.4, 0.5) is 5.69 Å². The molecule has 2 heterocycles. The Morgan fingerprint density at radius 1 is 1.08 bits per heavy atom. The minimum absolute atomic E-state index is 0.128. The van der Waals surface area contributed by atoms with Gasteiger partial charge in [-0.3, -0.25) is 4.79 Å². The van der Waals surface area contributed by atoms with E-state index >= 15 is 0 Å². The summed E-state index contributed by atoms with van der Waals surface area (Å²) in [5.74, 6) is 1.33. The van der Waals surface area contributed by atoms with E-state index in [-0.39, 0.29) is 11.8 Å². The van der Waals surface area contributed by atoms with Gasteiger partial charge < -0.3 is 9.47 Å². The smallest absolute Gasteiger partial charge is 0.227 e. The van der Waals surface area contributed by atoms with Crippen LogP contribution in [-0.4, -0.2) is 22.0 Å². The van der Waals surface area contributed by atoms with E-state index in [1.165, 1.54) is 5.56 Å². The minimum Gasteiger partial charge on any atom is -0.325 e. The maximum Gasteiger partial charge on any atom is 0.227 e. The van der Waals surface area contributed by atoms with Gasteiger partial charge in [0.15, 0.2) is 0 Å². The first kappa shape index (κ1) is 15.9. The van der Waals surface area contributed by atoms with Crippen molar-refractivity contribution in [2.75, 3.05) is 11.4 Å². The standard InChI is InChI=1S/C21H23N3O/c1-14(2)24-19-7-5-4-6-18(19)22-21(24)16-12-20(25)23(13-16)17-10-8-15(3)9-11-17/h4-11,14,16H,12-13H2,1-3H3/t16-/m0/s1. The third kappa shape index (κ3) is 2.72. The predicted molar refractivity (Wildman–Crippen MR) is 101 cm³/mol. The number of anilines is 1. The number of carbonyl (C=O) groups is 1. The van der Waals surface area contributed by atoms with Gasteiger partial charge in [0.25, 0.3) is 0 Å². The molecule has 3 aromatic rings. The van der Waals surface area contributed by atoms with Crippen LogP contribution in [0.1, 0.15) is 43.6 Å². The molecule has 0 spiro atoms. The Balaban J connectivity index is 1.71. The zero-order chi connectivity index (χ0) is 17.6. The number of benzene rings is 2. The lowest BCUT2D eigenvalue weighted by molar-refractivity contribution is -0.117. The maximum atomic E-state index is 12.6. The molecule has 1 amide bonds. The monoisotopic (exact) mass is 333 g/mol. The lowest BCUT2D eigenvalue weighted by atomic mass is 10.1. The molecule has 4 rings (SSSR count). The fraction of sp³-hybridized carbons (Fsp3) is 0.333. The number of para-hydroxylation sites is 2. The topological polar surface area (TPSA) is 38.1 Å². The number of aryl methyl sites for hydroxylation is 1. The molecule has 25 heavy (non-hydrogen) atoms. The zero-order valence-corrected chi connectivity index (χ0v) is 14.9. The van der Waals surface area contributed by atoms with Gasteiger partial charge in [-0.2, -0.15) is 0 Å². The minimum atomic E-state index is 0.128. The molecular weight excluding hydrogens is 310 g/mol. The highest BCUT2D eigenvalue weighted by Gasteiger charge is 2.35. The maximum absolute atomic E-state index is 12.6. The molecule has 4 nitrogen and oxygen atoms in total. The van der Waals surface area contributed by atoms with Crippen LogP contribution < -0.4 is 4.90 Å². The molecule has 1 aromatic heterocycles. The van der Waals surface area contributed by atoms with Gasteiger partial charge in [0.2, 0.25) is 5.91 Å². The molecule has 0 unspecified atom stereocenters. The van der Waals surface area contributed by atoms with E-state index in [0.717, 1.165) is 22.5 Å². The van der Waals surface area contributed by atoms with Crippen molar-refractivity contribution in [1.29, 1.82) is 0 Å². The summed E-state index contributed by atoms with van der Waals surface area (Å²) >= 11 is 0. The van der Waals surface area contributed by atoms with Crippen LogP contribution in [0.2, 0.25) is 0 Å². The number of imidazole rings is 1. The van der Waals surface area contributed by atoms with Crippen molar-refractivity contribution in [3.63, 3.8) is 0 Å². The second kappa shape index (κ2) is 6.03. The summed E-state index contributed by atoms with van der Waals surface area (Å²) in [6.07, 6.45) is 0.518. The van der Waals surface area contributed by atoms with Gasteiger partial charge in [-0.15, -0.1) is 0 Å². The number of fused-ring (bicyclic) bond motifs is 1. The van der Waals surface area contributed by atoms with Crippen LogP contribution in [0, 0.1) is 6.92 Å². The number of rotatable bonds is 3. The van der Waals surface area contributed by atoms with E-state index in [4.69, 9.17) is 4.98 Å². The Kier molecular flexibility index (Phi) is 3.83. The summed E-state index contributed by atoms with van der Waals surface area (Å²) in [4.78, 5) is 19.4. The van der Waals surface area contributed by atoms with E-state index < -0.39 is 0 Å². The quantitative estimate of drug-likeness (QED) is 0.710. The number of nitrogens with zero attached hydrogens (tertiary/aromatic N) is 3. The summed E-state index contributed by atoms with van der Waals surface area (Å²) in [7, 11) is 0. The molecule has 0 radical (unpaired) electrons. The zero-order valence-electron chi connectivity index (χ0n) is 14.9. The largest absolute Gasteiger partial charge is 0.325 e. The predicted octanol–water partition coefficient (Wildman–Crippen LogP) is 4.45. The first-order chi connectivity index (χ1) is 12.0. The fourth-order valence-corrected chi connectivity index (χ4v) is 3.75. The highest BCUT2D eigenvalue weighted by atomic mass is 16.2. The molecule has 1 atom stereocenters. The Morgan fingerprint density at radius 2 is 1.80 bits per heavy atom. The highest BCUT2D eigenvalue weighted by Crippen LogP contribution is 2.34. The SMILES string of the molecule is Cc1ccc(N2C[C@@H](c3nc4ccccc4n3C(C)C)CC2=O)cc1. The number of hydrogen-bond acceptors (Lipinski definition) is 2. The van der Waals surface area contributed by atoms with Crippen molar-refractivity contribution in [3.8, 4) is 0 Å². The molecule has 0 aliphatic carbocycles. The van der Waals surface area contributed by atoms with Crippen molar-refractivity contribution in [3.05, 3.63) is 59.9 Å². The molecule has 0 saturated carbocycles. The van der Waals surface area contributed by atoms with Crippen molar-refractivity contribution in [2.45, 2.75) is 39.2 Å². The molecule has 0 N–H and O–H groups in total. The van der Waals surface area contributed by atoms with Gasteiger partial charge in [0.05, 0.1) is 11.0 Å². The third-order valence-electron chi connectivity index (χ3n) is 4.98. The van der Waals surface area contributed by atoms with Crippen LogP contribution >= 0.6 is 0 Å². The van der Waals surface area contributed by atoms with Crippen molar-refractivity contribution in [2.24, 2.45) is 0 Å². The summed E-state index contributed by atoms with van der Waals surface area (Å²) in [6.45, 7) is 7.10. The van der Waals surface area contributed by atoms with Gasteiger partial charge in [-0.1, -0.05) is 29.8 Å². The lowest BCUT2D eigenvalue weighted by Crippen LogP contribution is -2.24. The van der Waals surface area contributed by atoms with Crippen LogP contribution in [0.5, 0.6) is 0 Å². The molecule has 4 heteroatoms. The molecule has 0 bridgehead atoms. The second-order valence-corrected chi connectivity index (χ2v) is 7.16. The van der Waals surface area contributed by atoms with Gasteiger partial charge in [-0.25, -0.2) is 4.98 Å². The van der Waals surface area contributed by atoms with Gasteiger partial charge >= 0.3 is 0 Å². The number of aromatic nitrogens is 2. The van der Waals surface area contributed by atoms with Crippen LogP contribution in [0.3, 0.4) is 0 Å². The molecule has 1 saturated heterocycles. The summed E-state index contributed by atoms with van der Waals surface area (Å²) in [5.41, 5.74) is 4.33. The van der Waals surface area contributed by atoms with E-state index in [9.17, 15) is 4.79 Å². The second-order valence-electron chi connectivity index (χ2n) is 7.16. The van der Waals surface area contributed by atoms with Crippen LogP contribution in [-0.2, 0) is 4.79 Å². The van der Waals surface area contributed by atoms with Crippen molar-refractivity contribution >= 4 is 22.6 Å². The van der Waals surface area contributed by atoms with Gasteiger partial charge in [0.1, 0.15) is 5.82 Å². The van der Waals surface area contributed by atoms with E-state index in [0.29, 0.717) is 19.0 Å². The first-order valence-electron chi connectivity index (χ1n) is 8.88. The Bertz CT molecular complexity index is 924. The average Bonchev–Trinajstić information content (AvgIpc) is 3.16. The number of hydrogen-bond donors (Lipinski definition) is 0. The van der Waals surface area contributed by atoms with E-state index in [1.807, 2.05) is 35.2 Å². The van der Waals surface area contributed by atoms with Gasteiger partial charge in [-0.05, 0) is 45.0 Å². The Hall–Kier alpha value is -2.62. The molecular formula is C21H23N3O. The number of carbonyl (C=O) groups excluding carboxylic acids is 1. The number of amides is 1. The highest BCUT2D eigenvalue weighted by molar-refractivity contribution is 5.96. The van der Waals surface area contributed by atoms with Crippen molar-refractivity contribution in [1.82, 2.24) is 9.55 Å². The molecule has 1 fully saturated rings. The van der Waals surface area contributed by atoms with Gasteiger partial charge in [0, 0.05) is 30.6 Å². The summed E-state index contributed by atoms with van der Waals surface area (Å²) in [6, 6.07) is 16.7. The molecule has 128 valence electrons. The third-order valence-corrected chi connectivity index (χ3v) is 4.98. The Morgan fingerprint density at radius 3 is 2.52 bits per heavy atom.